The van der Waals surface area contributed by atoms with Crippen molar-refractivity contribution in [2.24, 2.45) is 0 Å². The van der Waals surface area contributed by atoms with Gasteiger partial charge in [0.25, 0.3) is 0 Å². The Balaban J connectivity index is 2.60. The average Bonchev–Trinajstić information content (AvgIpc) is 2.15. The molecule has 0 radical (unpaired) electrons. The minimum atomic E-state index is -0.522. The van der Waals surface area contributed by atoms with Gasteiger partial charge in [-0.2, -0.15) is 0 Å². The number of aliphatic hydroxyl groups excluding tert-OH is 1. The first-order chi connectivity index (χ1) is 6.61. The standard InChI is InChI=1S/C10H17N3O/c1-13(2)6-4-10(14)8-7-12-5-3-9(8)11/h3,5,7,10,14H,4,6H2,1-2H3,(H2,11,12). The Hall–Kier alpha value is -1.13. The first kappa shape index (κ1) is 10.9. The van der Waals surface area contributed by atoms with Gasteiger partial charge in [-0.15, -0.1) is 0 Å². The summed E-state index contributed by atoms with van der Waals surface area (Å²) in [7, 11) is 3.94. The van der Waals surface area contributed by atoms with E-state index in [2.05, 4.69) is 4.98 Å². The highest BCUT2D eigenvalue weighted by Crippen LogP contribution is 2.21. The summed E-state index contributed by atoms with van der Waals surface area (Å²) in [4.78, 5) is 5.96. The largest absolute Gasteiger partial charge is 0.398 e. The lowest BCUT2D eigenvalue weighted by Crippen LogP contribution is -2.16. The van der Waals surface area contributed by atoms with Crippen molar-refractivity contribution in [2.45, 2.75) is 12.5 Å². The molecule has 78 valence electrons. The number of nitrogens with two attached hydrogens (primary N) is 1. The average molecular weight is 195 g/mol. The van der Waals surface area contributed by atoms with Crippen LogP contribution in [0.4, 0.5) is 5.69 Å². The topological polar surface area (TPSA) is 62.4 Å². The minimum absolute atomic E-state index is 0.522. The lowest BCUT2D eigenvalue weighted by atomic mass is 10.1. The van der Waals surface area contributed by atoms with E-state index in [0.717, 1.165) is 6.54 Å². The maximum Gasteiger partial charge on any atom is 0.0837 e. The normalized spacial score (nSPS) is 13.1. The number of hydrogen-bond donors (Lipinski definition) is 2. The van der Waals surface area contributed by atoms with E-state index >= 15 is 0 Å². The van der Waals surface area contributed by atoms with Crippen LogP contribution >= 0.6 is 0 Å². The molecule has 1 rings (SSSR count). The Kier molecular flexibility index (Phi) is 3.85. The minimum Gasteiger partial charge on any atom is -0.398 e. The van der Waals surface area contributed by atoms with E-state index in [4.69, 9.17) is 5.73 Å². The van der Waals surface area contributed by atoms with Gasteiger partial charge >= 0.3 is 0 Å². The molecule has 1 aromatic heterocycles. The Morgan fingerprint density at radius 2 is 2.29 bits per heavy atom. The lowest BCUT2D eigenvalue weighted by molar-refractivity contribution is 0.154. The highest BCUT2D eigenvalue weighted by atomic mass is 16.3. The van der Waals surface area contributed by atoms with Crippen LogP contribution in [0.25, 0.3) is 0 Å². The fourth-order valence-corrected chi connectivity index (χ4v) is 1.23. The number of anilines is 1. The van der Waals surface area contributed by atoms with Crippen molar-refractivity contribution in [2.75, 3.05) is 26.4 Å². The second-order valence-corrected chi connectivity index (χ2v) is 3.61. The maximum absolute atomic E-state index is 9.80. The lowest BCUT2D eigenvalue weighted by Gasteiger charge is -2.15. The van der Waals surface area contributed by atoms with Crippen LogP contribution in [0.2, 0.25) is 0 Å². The molecule has 14 heavy (non-hydrogen) atoms. The predicted molar refractivity (Wildman–Crippen MR) is 56.8 cm³/mol. The van der Waals surface area contributed by atoms with Gasteiger partial charge in [0.05, 0.1) is 6.10 Å². The predicted octanol–water partition coefficient (Wildman–Crippen LogP) is 0.649. The number of aliphatic hydroxyl groups is 1. The highest BCUT2D eigenvalue weighted by molar-refractivity contribution is 5.45. The van der Waals surface area contributed by atoms with Crippen molar-refractivity contribution in [1.29, 1.82) is 0 Å². The van der Waals surface area contributed by atoms with Gasteiger partial charge < -0.3 is 15.7 Å². The second kappa shape index (κ2) is 4.93. The van der Waals surface area contributed by atoms with Gasteiger partial charge in [0.1, 0.15) is 0 Å². The molecule has 0 saturated heterocycles. The van der Waals surface area contributed by atoms with Crippen molar-refractivity contribution in [3.8, 4) is 0 Å². The molecule has 4 heteroatoms. The van der Waals surface area contributed by atoms with Gasteiger partial charge in [-0.25, -0.2) is 0 Å². The quantitative estimate of drug-likeness (QED) is 0.740. The summed E-state index contributed by atoms with van der Waals surface area (Å²) in [6.07, 6.45) is 3.39. The van der Waals surface area contributed by atoms with Gasteiger partial charge in [-0.05, 0) is 26.6 Å². The summed E-state index contributed by atoms with van der Waals surface area (Å²) in [5.74, 6) is 0. The maximum atomic E-state index is 9.80. The summed E-state index contributed by atoms with van der Waals surface area (Å²) < 4.78 is 0. The molecule has 0 aliphatic rings. The number of nitrogens with zero attached hydrogens (tertiary/aromatic N) is 2. The van der Waals surface area contributed by atoms with E-state index in [-0.39, 0.29) is 0 Å². The fraction of sp³-hybridized carbons (Fsp3) is 0.500. The Labute approximate surface area is 84.4 Å². The molecule has 0 amide bonds. The smallest absolute Gasteiger partial charge is 0.0837 e. The number of hydrogen-bond acceptors (Lipinski definition) is 4. The molecule has 0 saturated carbocycles. The molecule has 3 N–H and O–H groups in total. The third-order valence-electron chi connectivity index (χ3n) is 2.10. The van der Waals surface area contributed by atoms with Crippen molar-refractivity contribution in [3.63, 3.8) is 0 Å². The molecule has 1 heterocycles. The van der Waals surface area contributed by atoms with Crippen molar-refractivity contribution >= 4 is 5.69 Å². The Morgan fingerprint density at radius 3 is 2.86 bits per heavy atom. The van der Waals surface area contributed by atoms with Crippen LogP contribution in [-0.4, -0.2) is 35.6 Å². The van der Waals surface area contributed by atoms with Crippen LogP contribution < -0.4 is 5.73 Å². The molecule has 0 bridgehead atoms. The van der Waals surface area contributed by atoms with E-state index in [1.54, 1.807) is 18.5 Å². The highest BCUT2D eigenvalue weighted by Gasteiger charge is 2.10. The zero-order chi connectivity index (χ0) is 10.6. The summed E-state index contributed by atoms with van der Waals surface area (Å²) >= 11 is 0. The zero-order valence-electron chi connectivity index (χ0n) is 8.64. The van der Waals surface area contributed by atoms with E-state index in [9.17, 15) is 5.11 Å². The van der Waals surface area contributed by atoms with E-state index in [1.807, 2.05) is 19.0 Å². The molecule has 0 fully saturated rings. The van der Waals surface area contributed by atoms with Crippen LogP contribution in [0.5, 0.6) is 0 Å². The second-order valence-electron chi connectivity index (χ2n) is 3.61. The third kappa shape index (κ3) is 2.97. The number of pyridine rings is 1. The molecule has 1 atom stereocenters. The zero-order valence-corrected chi connectivity index (χ0v) is 8.64. The third-order valence-corrected chi connectivity index (χ3v) is 2.10. The number of nitrogen functional groups attached to an aromatic ring is 1. The van der Waals surface area contributed by atoms with E-state index in [1.165, 1.54) is 0 Å². The van der Waals surface area contributed by atoms with E-state index in [0.29, 0.717) is 17.7 Å². The molecule has 0 spiro atoms. The number of aromatic nitrogens is 1. The Bertz CT molecular complexity index is 288. The van der Waals surface area contributed by atoms with Gasteiger partial charge in [0.2, 0.25) is 0 Å². The SMILES string of the molecule is CN(C)CCC(O)c1cnccc1N. The van der Waals surface area contributed by atoms with Gasteiger partial charge in [-0.1, -0.05) is 0 Å². The van der Waals surface area contributed by atoms with Gasteiger partial charge in [-0.3, -0.25) is 4.98 Å². The first-order valence-electron chi connectivity index (χ1n) is 4.63. The van der Waals surface area contributed by atoms with Gasteiger partial charge in [0.15, 0.2) is 0 Å². The first-order valence-corrected chi connectivity index (χ1v) is 4.63. The van der Waals surface area contributed by atoms with Crippen LogP contribution in [0.1, 0.15) is 18.1 Å². The number of rotatable bonds is 4. The van der Waals surface area contributed by atoms with Crippen molar-refractivity contribution < 1.29 is 5.11 Å². The Morgan fingerprint density at radius 1 is 1.57 bits per heavy atom. The molecule has 0 aliphatic carbocycles. The van der Waals surface area contributed by atoms with Gasteiger partial charge in [0, 0.05) is 30.2 Å². The molecule has 0 aliphatic heterocycles. The monoisotopic (exact) mass is 195 g/mol. The molecular formula is C10H17N3O. The van der Waals surface area contributed by atoms with E-state index < -0.39 is 6.10 Å². The molecule has 1 unspecified atom stereocenters. The summed E-state index contributed by atoms with van der Waals surface area (Å²) in [5.41, 5.74) is 7.03. The van der Waals surface area contributed by atoms with Crippen LogP contribution in [0.15, 0.2) is 18.5 Å². The molecule has 1 aromatic rings. The van der Waals surface area contributed by atoms with Crippen molar-refractivity contribution in [3.05, 3.63) is 24.0 Å². The van der Waals surface area contributed by atoms with Crippen molar-refractivity contribution in [1.82, 2.24) is 9.88 Å². The fourth-order valence-electron chi connectivity index (χ4n) is 1.23. The van der Waals surface area contributed by atoms with Crippen LogP contribution in [0.3, 0.4) is 0 Å². The summed E-state index contributed by atoms with van der Waals surface area (Å²) in [6.45, 7) is 0.829. The van der Waals surface area contributed by atoms with Crippen LogP contribution in [0, 0.1) is 0 Å². The molecule has 0 aromatic carbocycles. The molecule has 4 nitrogen and oxygen atoms in total. The van der Waals surface area contributed by atoms with Crippen LogP contribution in [-0.2, 0) is 0 Å². The summed E-state index contributed by atoms with van der Waals surface area (Å²) in [6, 6.07) is 1.70. The summed E-state index contributed by atoms with van der Waals surface area (Å²) in [5, 5.41) is 9.80. The molecular weight excluding hydrogens is 178 g/mol.